The summed E-state index contributed by atoms with van der Waals surface area (Å²) in [7, 11) is 0. The summed E-state index contributed by atoms with van der Waals surface area (Å²) in [5.74, 6) is 1.56. The fraction of sp³-hybridized carbons (Fsp3) is 0.524. The fourth-order valence-electron chi connectivity index (χ4n) is 4.07. The molecule has 0 spiro atoms. The standard InChI is InChI=1S/C21H27N3O2/c1-15-4-3-5-17(12-15)14-23-8-10-24(11-9-23)21(25)20-18-13-16(2)6-7-19(18)26-22-20/h3-5,12,16H,6-11,13-14H2,1-2H3. The number of aromatic nitrogens is 1. The molecule has 0 bridgehead atoms. The molecule has 1 atom stereocenters. The molecule has 26 heavy (non-hydrogen) atoms. The minimum Gasteiger partial charge on any atom is -0.360 e. The number of rotatable bonds is 3. The number of carbonyl (C=O) groups is 1. The number of fused-ring (bicyclic) bond motifs is 1. The minimum absolute atomic E-state index is 0.0410. The molecule has 5 heteroatoms. The highest BCUT2D eigenvalue weighted by Gasteiger charge is 2.30. The van der Waals surface area contributed by atoms with Crippen molar-refractivity contribution >= 4 is 5.91 Å². The summed E-state index contributed by atoms with van der Waals surface area (Å²) >= 11 is 0. The van der Waals surface area contributed by atoms with Crippen LogP contribution in [0.2, 0.25) is 0 Å². The first-order chi connectivity index (χ1) is 12.6. The quantitative estimate of drug-likeness (QED) is 0.851. The van der Waals surface area contributed by atoms with Gasteiger partial charge in [-0.15, -0.1) is 0 Å². The van der Waals surface area contributed by atoms with Gasteiger partial charge in [-0.3, -0.25) is 9.69 Å². The number of hydrogen-bond donors (Lipinski definition) is 0. The van der Waals surface area contributed by atoms with Crippen LogP contribution in [-0.4, -0.2) is 47.0 Å². The number of carbonyl (C=O) groups excluding carboxylic acids is 1. The zero-order valence-corrected chi connectivity index (χ0v) is 15.7. The monoisotopic (exact) mass is 353 g/mol. The van der Waals surface area contributed by atoms with Crippen LogP contribution in [0.25, 0.3) is 0 Å². The molecule has 0 radical (unpaired) electrons. The lowest BCUT2D eigenvalue weighted by Crippen LogP contribution is -2.48. The second-order valence-corrected chi connectivity index (χ2v) is 7.84. The molecular formula is C21H27N3O2. The van der Waals surface area contributed by atoms with Crippen molar-refractivity contribution in [2.75, 3.05) is 26.2 Å². The largest absolute Gasteiger partial charge is 0.360 e. The van der Waals surface area contributed by atoms with Gasteiger partial charge in [0.1, 0.15) is 5.76 Å². The highest BCUT2D eigenvalue weighted by molar-refractivity contribution is 5.94. The summed E-state index contributed by atoms with van der Waals surface area (Å²) in [5, 5.41) is 4.12. The van der Waals surface area contributed by atoms with Crippen LogP contribution >= 0.6 is 0 Å². The predicted molar refractivity (Wildman–Crippen MR) is 100 cm³/mol. The van der Waals surface area contributed by atoms with Crippen molar-refractivity contribution in [3.05, 3.63) is 52.4 Å². The highest BCUT2D eigenvalue weighted by Crippen LogP contribution is 2.28. The maximum absolute atomic E-state index is 12.9. The summed E-state index contributed by atoms with van der Waals surface area (Å²) < 4.78 is 5.45. The first kappa shape index (κ1) is 17.3. The van der Waals surface area contributed by atoms with Crippen LogP contribution in [0.5, 0.6) is 0 Å². The minimum atomic E-state index is 0.0410. The Morgan fingerprint density at radius 3 is 2.85 bits per heavy atom. The maximum atomic E-state index is 12.9. The Morgan fingerprint density at radius 2 is 2.08 bits per heavy atom. The van der Waals surface area contributed by atoms with Crippen molar-refractivity contribution < 1.29 is 9.32 Å². The molecule has 1 aliphatic heterocycles. The molecule has 1 aliphatic carbocycles. The summed E-state index contributed by atoms with van der Waals surface area (Å²) in [6.45, 7) is 8.60. The number of piperazine rings is 1. The third kappa shape index (κ3) is 3.54. The molecule has 0 saturated carbocycles. The van der Waals surface area contributed by atoms with E-state index in [2.05, 4.69) is 48.2 Å². The number of hydrogen-bond acceptors (Lipinski definition) is 4. The molecular weight excluding hydrogens is 326 g/mol. The lowest BCUT2D eigenvalue weighted by molar-refractivity contribution is 0.0617. The fourth-order valence-corrected chi connectivity index (χ4v) is 4.07. The van der Waals surface area contributed by atoms with Crippen LogP contribution in [0.1, 0.15) is 46.3 Å². The Labute approximate surface area is 155 Å². The molecule has 2 aliphatic rings. The second-order valence-electron chi connectivity index (χ2n) is 7.84. The van der Waals surface area contributed by atoms with Crippen LogP contribution in [-0.2, 0) is 19.4 Å². The van der Waals surface area contributed by atoms with Gasteiger partial charge in [-0.05, 0) is 31.2 Å². The van der Waals surface area contributed by atoms with Crippen LogP contribution in [0, 0.1) is 12.8 Å². The Bertz CT molecular complexity index is 790. The van der Waals surface area contributed by atoms with E-state index in [0.717, 1.165) is 63.3 Å². The van der Waals surface area contributed by atoms with Gasteiger partial charge in [-0.25, -0.2) is 0 Å². The first-order valence-electron chi connectivity index (χ1n) is 9.65. The predicted octanol–water partition coefficient (Wildman–Crippen LogP) is 3.07. The van der Waals surface area contributed by atoms with Gasteiger partial charge in [-0.2, -0.15) is 0 Å². The van der Waals surface area contributed by atoms with Gasteiger partial charge in [0.2, 0.25) is 0 Å². The average molecular weight is 353 g/mol. The normalized spacial score (nSPS) is 20.8. The van der Waals surface area contributed by atoms with E-state index in [1.165, 1.54) is 11.1 Å². The molecule has 1 aromatic heterocycles. The van der Waals surface area contributed by atoms with Gasteiger partial charge < -0.3 is 9.42 Å². The van der Waals surface area contributed by atoms with E-state index in [1.807, 2.05) is 4.90 Å². The van der Waals surface area contributed by atoms with Gasteiger partial charge >= 0.3 is 0 Å². The van der Waals surface area contributed by atoms with Gasteiger partial charge in [-0.1, -0.05) is 41.9 Å². The van der Waals surface area contributed by atoms with E-state index < -0.39 is 0 Å². The maximum Gasteiger partial charge on any atom is 0.276 e. The van der Waals surface area contributed by atoms with E-state index in [4.69, 9.17) is 4.52 Å². The molecule has 1 fully saturated rings. The van der Waals surface area contributed by atoms with Crippen molar-refractivity contribution in [3.8, 4) is 0 Å². The molecule has 1 saturated heterocycles. The summed E-state index contributed by atoms with van der Waals surface area (Å²) in [4.78, 5) is 17.3. The molecule has 1 aromatic carbocycles. The molecule has 2 aromatic rings. The number of amides is 1. The van der Waals surface area contributed by atoms with E-state index in [9.17, 15) is 4.79 Å². The van der Waals surface area contributed by atoms with Gasteiger partial charge in [0.05, 0.1) is 0 Å². The average Bonchev–Trinajstić information content (AvgIpc) is 3.05. The van der Waals surface area contributed by atoms with Crippen LogP contribution in [0.4, 0.5) is 0 Å². The number of nitrogens with zero attached hydrogens (tertiary/aromatic N) is 3. The van der Waals surface area contributed by atoms with Crippen molar-refractivity contribution in [1.82, 2.24) is 15.0 Å². The van der Waals surface area contributed by atoms with E-state index in [1.54, 1.807) is 0 Å². The SMILES string of the molecule is Cc1cccc(CN2CCN(C(=O)c3noc4c3CC(C)CC4)CC2)c1. The van der Waals surface area contributed by atoms with E-state index in [0.29, 0.717) is 11.6 Å². The Kier molecular flexibility index (Phi) is 4.81. The zero-order valence-electron chi connectivity index (χ0n) is 15.7. The van der Waals surface area contributed by atoms with Crippen molar-refractivity contribution in [3.63, 3.8) is 0 Å². The lowest BCUT2D eigenvalue weighted by Gasteiger charge is -2.34. The Balaban J connectivity index is 1.38. The van der Waals surface area contributed by atoms with E-state index in [-0.39, 0.29) is 5.91 Å². The second kappa shape index (κ2) is 7.23. The highest BCUT2D eigenvalue weighted by atomic mass is 16.5. The van der Waals surface area contributed by atoms with Gasteiger partial charge in [0.15, 0.2) is 5.69 Å². The smallest absolute Gasteiger partial charge is 0.276 e. The molecule has 4 rings (SSSR count). The number of aryl methyl sites for hydroxylation is 2. The Hall–Kier alpha value is -2.14. The van der Waals surface area contributed by atoms with Crippen molar-refractivity contribution in [2.24, 2.45) is 5.92 Å². The third-order valence-corrected chi connectivity index (χ3v) is 5.64. The zero-order chi connectivity index (χ0) is 18.1. The van der Waals surface area contributed by atoms with Crippen molar-refractivity contribution in [1.29, 1.82) is 0 Å². The van der Waals surface area contributed by atoms with Crippen LogP contribution in [0.15, 0.2) is 28.8 Å². The lowest BCUT2D eigenvalue weighted by atomic mass is 9.88. The Morgan fingerprint density at radius 1 is 1.27 bits per heavy atom. The van der Waals surface area contributed by atoms with Crippen LogP contribution < -0.4 is 0 Å². The molecule has 0 N–H and O–H groups in total. The molecule has 1 unspecified atom stereocenters. The molecule has 2 heterocycles. The summed E-state index contributed by atoms with van der Waals surface area (Å²) in [6, 6.07) is 8.65. The molecule has 1 amide bonds. The van der Waals surface area contributed by atoms with Crippen LogP contribution in [0.3, 0.4) is 0 Å². The summed E-state index contributed by atoms with van der Waals surface area (Å²) in [5.41, 5.74) is 4.24. The molecule has 5 nitrogen and oxygen atoms in total. The summed E-state index contributed by atoms with van der Waals surface area (Å²) in [6.07, 6.45) is 2.93. The van der Waals surface area contributed by atoms with E-state index >= 15 is 0 Å². The first-order valence-corrected chi connectivity index (χ1v) is 9.65. The molecule has 138 valence electrons. The van der Waals surface area contributed by atoms with Gasteiger partial charge in [0, 0.05) is 44.7 Å². The topological polar surface area (TPSA) is 49.6 Å². The third-order valence-electron chi connectivity index (χ3n) is 5.64. The van der Waals surface area contributed by atoms with Crippen molar-refractivity contribution in [2.45, 2.75) is 39.7 Å². The van der Waals surface area contributed by atoms with Gasteiger partial charge in [0.25, 0.3) is 5.91 Å². The number of benzene rings is 1.